The van der Waals surface area contributed by atoms with Gasteiger partial charge in [0.2, 0.25) is 0 Å². The van der Waals surface area contributed by atoms with Gasteiger partial charge in [-0.3, -0.25) is 0 Å². The van der Waals surface area contributed by atoms with Crippen LogP contribution in [0.25, 0.3) is 0 Å². The largest absolute Gasteiger partial charge is 0.389 e. The third-order valence-corrected chi connectivity index (χ3v) is 10.9. The quantitative estimate of drug-likeness (QED) is 0.0425. The molecule has 0 aromatic carbocycles. The van der Waals surface area contributed by atoms with Gasteiger partial charge in [0.1, 0.15) is 61.0 Å². The summed E-state index contributed by atoms with van der Waals surface area (Å²) >= 11 is 0. The maximum atomic E-state index is 10.8. The van der Waals surface area contributed by atoms with Crippen LogP contribution in [0.2, 0.25) is 0 Å². The van der Waals surface area contributed by atoms with E-state index in [1.54, 1.807) is 0 Å². The average Bonchev–Trinajstić information content (AvgIpc) is 3.20. The van der Waals surface area contributed by atoms with Gasteiger partial charge in [0, 0.05) is 37.3 Å². The van der Waals surface area contributed by atoms with Crippen molar-refractivity contribution in [1.29, 1.82) is 0 Å². The molecule has 20 atom stereocenters. The van der Waals surface area contributed by atoms with Gasteiger partial charge in [-0.15, -0.1) is 0 Å². The lowest BCUT2D eigenvalue weighted by molar-refractivity contribution is -0.291. The van der Waals surface area contributed by atoms with E-state index in [9.17, 15) is 30.6 Å². The fraction of sp³-hybridized carbons (Fsp3) is 1.00. The highest BCUT2D eigenvalue weighted by atomic mass is 16.7. The summed E-state index contributed by atoms with van der Waals surface area (Å²) in [6, 6.07) is -4.82. The molecule has 4 aliphatic rings. The Hall–Kier alpha value is -0.960. The third-order valence-electron chi connectivity index (χ3n) is 10.9. The van der Waals surface area contributed by atoms with Gasteiger partial charge >= 0.3 is 0 Å². The van der Waals surface area contributed by atoms with Gasteiger partial charge in [0.25, 0.3) is 0 Å². The number of rotatable bonds is 23. The van der Waals surface area contributed by atoms with E-state index in [0.29, 0.717) is 13.2 Å². The van der Waals surface area contributed by atoms with Gasteiger partial charge in [-0.05, 0) is 12.8 Å². The van der Waals surface area contributed by atoms with E-state index in [-0.39, 0.29) is 78.8 Å². The molecule has 22 N–H and O–H groups in total. The Morgan fingerprint density at radius 3 is 1.02 bits per heavy atom. The van der Waals surface area contributed by atoms with Crippen molar-refractivity contribution >= 4 is 0 Å². The maximum absolute atomic E-state index is 10.8. The van der Waals surface area contributed by atoms with Crippen LogP contribution in [0.4, 0.5) is 0 Å². The summed E-state index contributed by atoms with van der Waals surface area (Å²) in [5, 5.41) is 62.6. The van der Waals surface area contributed by atoms with Gasteiger partial charge in [0.15, 0.2) is 12.6 Å². The Bertz CT molecular complexity index is 1060. The molecule has 0 radical (unpaired) electrons. The third kappa shape index (κ3) is 13.3. The molecular formula is C34H70N8O16. The van der Waals surface area contributed by atoms with Crippen molar-refractivity contribution in [3.05, 3.63) is 0 Å². The lowest BCUT2D eigenvalue weighted by atomic mass is 9.84. The van der Waals surface area contributed by atoms with Gasteiger partial charge in [0.05, 0.1) is 90.4 Å². The highest BCUT2D eigenvalue weighted by Crippen LogP contribution is 2.30. The Morgan fingerprint density at radius 1 is 0.397 bits per heavy atom. The van der Waals surface area contributed by atoms with E-state index in [1.165, 1.54) is 0 Å². The number of ether oxygens (including phenoxy) is 10. The standard InChI is InChI=1S/C34H70N8O16/c35-13-19-25(45)27(47)21(41)33(55-19)57-29-17(39)11-15(37)23(43)31(29)53-9-7-51-5-3-49-1-2-50-4-6-52-8-10-54-32-24(44)16(38)12-18(40)30(32)58-34-22(42)28(48)26(46)20(14-36)56-34/h15-34,43-48H,1-14,35-42H2/t15-,16-,17+,18+,19-,20-,21-,22-,23+,24+,25-,26-,27-,28-,29-,30-,31-,32-,33-,34-/m1/s1. The molecular weight excluding hydrogens is 776 g/mol. The molecule has 2 aliphatic heterocycles. The smallest absolute Gasteiger partial charge is 0.176 e. The van der Waals surface area contributed by atoms with Crippen molar-refractivity contribution in [3.8, 4) is 0 Å². The first-order chi connectivity index (χ1) is 27.7. The average molecular weight is 847 g/mol. The molecule has 24 nitrogen and oxygen atoms in total. The van der Waals surface area contributed by atoms with Crippen LogP contribution >= 0.6 is 0 Å². The molecule has 0 unspecified atom stereocenters. The minimum absolute atomic E-state index is 0.0761. The molecule has 0 spiro atoms. The summed E-state index contributed by atoms with van der Waals surface area (Å²) in [6.45, 7) is 2.06. The monoisotopic (exact) mass is 846 g/mol. The second-order valence-electron chi connectivity index (χ2n) is 15.1. The van der Waals surface area contributed by atoms with E-state index in [0.717, 1.165) is 0 Å². The lowest BCUT2D eigenvalue weighted by Gasteiger charge is -2.46. The number of aliphatic hydroxyl groups excluding tert-OH is 6. The van der Waals surface area contributed by atoms with Crippen molar-refractivity contribution in [1.82, 2.24) is 0 Å². The fourth-order valence-electron chi connectivity index (χ4n) is 7.38. The first kappa shape index (κ1) is 49.7. The highest BCUT2D eigenvalue weighted by molar-refractivity contribution is 5.02. The summed E-state index contributed by atoms with van der Waals surface area (Å²) in [5.41, 5.74) is 48.2. The van der Waals surface area contributed by atoms with Crippen LogP contribution in [-0.4, -0.2) is 232 Å². The fourth-order valence-corrected chi connectivity index (χ4v) is 7.38. The first-order valence-electron chi connectivity index (χ1n) is 19.9. The van der Waals surface area contributed by atoms with Crippen LogP contribution in [0.1, 0.15) is 12.8 Å². The second-order valence-corrected chi connectivity index (χ2v) is 15.1. The predicted octanol–water partition coefficient (Wildman–Crippen LogP) is -9.10. The number of aliphatic hydroxyl groups is 6. The van der Waals surface area contributed by atoms with Gasteiger partial charge in [-0.1, -0.05) is 0 Å². The zero-order chi connectivity index (χ0) is 42.5. The van der Waals surface area contributed by atoms with Crippen molar-refractivity contribution in [2.45, 2.75) is 135 Å². The molecule has 58 heavy (non-hydrogen) atoms. The summed E-state index contributed by atoms with van der Waals surface area (Å²) < 4.78 is 57.4. The molecule has 2 heterocycles. The summed E-state index contributed by atoms with van der Waals surface area (Å²) in [7, 11) is 0. The van der Waals surface area contributed by atoms with Crippen molar-refractivity contribution in [2.24, 2.45) is 45.9 Å². The molecule has 2 aliphatic carbocycles. The van der Waals surface area contributed by atoms with E-state index < -0.39 is 122 Å². The summed E-state index contributed by atoms with van der Waals surface area (Å²) in [4.78, 5) is 0. The predicted molar refractivity (Wildman–Crippen MR) is 201 cm³/mol. The van der Waals surface area contributed by atoms with Crippen LogP contribution in [0, 0.1) is 0 Å². The maximum Gasteiger partial charge on any atom is 0.176 e. The molecule has 0 aromatic rings. The Kier molecular flexibility index (Phi) is 21.1. The molecule has 0 aromatic heterocycles. The van der Waals surface area contributed by atoms with Crippen LogP contribution in [0.3, 0.4) is 0 Å². The number of nitrogens with two attached hydrogens (primary N) is 8. The van der Waals surface area contributed by atoms with Crippen molar-refractivity contribution in [2.75, 3.05) is 79.2 Å². The van der Waals surface area contributed by atoms with Gasteiger partial charge in [-0.25, -0.2) is 0 Å². The van der Waals surface area contributed by atoms with Crippen LogP contribution in [0.5, 0.6) is 0 Å². The SMILES string of the molecule is NC[C@H]1O[C@H](O[C@H]2[C@H](OCCOCCOCCOCCOCCO[C@@H]3[C@@H](O)[C@H](N)C[C@H](N)[C@H]3O[C@H]3O[C@H](CN)[C@@H](O)[C@H](O)[C@H]3N)[C@@H](O)[C@H](N)C[C@@H]2N)[C@H](N)[C@@H](O)[C@@H]1O. The molecule has 0 bridgehead atoms. The summed E-state index contributed by atoms with van der Waals surface area (Å²) in [6.07, 6.45) is -14.8. The number of hydrogen-bond acceptors (Lipinski definition) is 24. The number of hydrogen-bond donors (Lipinski definition) is 14. The Balaban J connectivity index is 1.04. The minimum Gasteiger partial charge on any atom is -0.389 e. The summed E-state index contributed by atoms with van der Waals surface area (Å²) in [5.74, 6) is 0. The molecule has 2 saturated carbocycles. The normalized spacial score (nSPS) is 43.8. The van der Waals surface area contributed by atoms with Crippen LogP contribution in [0.15, 0.2) is 0 Å². The lowest BCUT2D eigenvalue weighted by Crippen LogP contribution is -2.67. The van der Waals surface area contributed by atoms with Crippen LogP contribution < -0.4 is 45.9 Å². The van der Waals surface area contributed by atoms with Gasteiger partial charge in [-0.2, -0.15) is 0 Å². The first-order valence-corrected chi connectivity index (χ1v) is 19.9. The van der Waals surface area contributed by atoms with E-state index in [1.807, 2.05) is 0 Å². The van der Waals surface area contributed by atoms with E-state index >= 15 is 0 Å². The van der Waals surface area contributed by atoms with Crippen molar-refractivity contribution < 1.29 is 78.0 Å². The molecule has 4 fully saturated rings. The Labute approximate surface area is 337 Å². The molecule has 24 heteroatoms. The minimum atomic E-state index is -1.35. The topological polar surface area (TPSA) is 422 Å². The van der Waals surface area contributed by atoms with Gasteiger partial charge < -0.3 is 124 Å². The highest BCUT2D eigenvalue weighted by Gasteiger charge is 2.50. The Morgan fingerprint density at radius 2 is 0.707 bits per heavy atom. The molecule has 2 saturated heterocycles. The zero-order valence-corrected chi connectivity index (χ0v) is 32.8. The molecule has 342 valence electrons. The zero-order valence-electron chi connectivity index (χ0n) is 32.8. The van der Waals surface area contributed by atoms with Crippen molar-refractivity contribution in [3.63, 3.8) is 0 Å². The molecule has 0 amide bonds. The van der Waals surface area contributed by atoms with E-state index in [4.69, 9.17) is 93.2 Å². The van der Waals surface area contributed by atoms with E-state index in [2.05, 4.69) is 0 Å². The molecule has 4 rings (SSSR count). The van der Waals surface area contributed by atoms with Crippen LogP contribution in [-0.2, 0) is 47.4 Å². The second kappa shape index (κ2) is 24.6.